The number of halogens is 4. The van der Waals surface area contributed by atoms with Crippen LogP contribution in [-0.4, -0.2) is 41.6 Å². The van der Waals surface area contributed by atoms with Gasteiger partial charge in [0.25, 0.3) is 17.9 Å². The molecule has 8 nitrogen and oxygen atoms in total. The quantitative estimate of drug-likeness (QED) is 0.694. The summed E-state index contributed by atoms with van der Waals surface area (Å²) in [4.78, 5) is 26.9. The fourth-order valence-electron chi connectivity index (χ4n) is 2.60. The Morgan fingerprint density at radius 2 is 2.07 bits per heavy atom. The standard InChI is InChI=1S/C16H14F3N5O3.ClH/c17-10-2-1-8(21-14(26)11-3-4-13(25)24-23-11)5-9(10)16(15(18)19)7-27-6-12(20)22-16;/h1-5,15H,6-7H2,(H2,20,22)(H,21,26)(H,24,25);1H/t16-;/m0./s1. The molecule has 150 valence electrons. The Hall–Kier alpha value is -2.92. The van der Waals surface area contributed by atoms with E-state index in [1.165, 1.54) is 12.1 Å². The first-order valence-corrected chi connectivity index (χ1v) is 7.69. The summed E-state index contributed by atoms with van der Waals surface area (Å²) in [6, 6.07) is 5.43. The van der Waals surface area contributed by atoms with Gasteiger partial charge in [0, 0.05) is 17.3 Å². The van der Waals surface area contributed by atoms with Gasteiger partial charge in [-0.15, -0.1) is 12.4 Å². The van der Waals surface area contributed by atoms with Gasteiger partial charge in [-0.05, 0) is 24.3 Å². The van der Waals surface area contributed by atoms with E-state index in [9.17, 15) is 22.8 Å². The second-order valence-corrected chi connectivity index (χ2v) is 5.78. The van der Waals surface area contributed by atoms with Crippen LogP contribution in [0.15, 0.2) is 40.1 Å². The van der Waals surface area contributed by atoms with Crippen molar-refractivity contribution < 1.29 is 22.7 Å². The van der Waals surface area contributed by atoms with Gasteiger partial charge in [0.15, 0.2) is 5.54 Å². The van der Waals surface area contributed by atoms with Gasteiger partial charge >= 0.3 is 0 Å². The topological polar surface area (TPSA) is 122 Å². The number of anilines is 1. The normalized spacial score (nSPS) is 18.9. The van der Waals surface area contributed by atoms with Crippen LogP contribution in [0.4, 0.5) is 18.9 Å². The number of nitrogens with zero attached hydrogens (tertiary/aromatic N) is 2. The molecule has 1 aliphatic rings. The Morgan fingerprint density at radius 3 is 2.68 bits per heavy atom. The number of alkyl halides is 2. The number of nitrogens with two attached hydrogens (primary N) is 1. The number of ether oxygens (including phenoxy) is 1. The number of hydrogen-bond donors (Lipinski definition) is 3. The summed E-state index contributed by atoms with van der Waals surface area (Å²) < 4.78 is 46.9. The summed E-state index contributed by atoms with van der Waals surface area (Å²) in [7, 11) is 0. The molecule has 0 fully saturated rings. The number of H-pyrrole nitrogens is 1. The molecule has 0 aliphatic carbocycles. The lowest BCUT2D eigenvalue weighted by Crippen LogP contribution is -2.45. The lowest BCUT2D eigenvalue weighted by Gasteiger charge is -2.33. The first-order valence-electron chi connectivity index (χ1n) is 7.69. The van der Waals surface area contributed by atoms with Gasteiger partial charge in [0.05, 0.1) is 6.61 Å². The predicted molar refractivity (Wildman–Crippen MR) is 96.6 cm³/mol. The van der Waals surface area contributed by atoms with E-state index in [0.29, 0.717) is 0 Å². The minimum atomic E-state index is -3.10. The summed E-state index contributed by atoms with van der Waals surface area (Å²) in [5, 5.41) is 8.04. The average Bonchev–Trinajstić information content (AvgIpc) is 2.63. The van der Waals surface area contributed by atoms with Gasteiger partial charge in [-0.3, -0.25) is 14.6 Å². The first kappa shape index (κ1) is 21.4. The zero-order valence-electron chi connectivity index (χ0n) is 14.1. The van der Waals surface area contributed by atoms with Crippen LogP contribution in [0.3, 0.4) is 0 Å². The Balaban J connectivity index is 0.00000280. The molecule has 0 saturated carbocycles. The molecule has 0 unspecified atom stereocenters. The Morgan fingerprint density at radius 1 is 1.32 bits per heavy atom. The third-order valence-electron chi connectivity index (χ3n) is 3.88. The highest BCUT2D eigenvalue weighted by Gasteiger charge is 2.46. The van der Waals surface area contributed by atoms with E-state index in [1.54, 1.807) is 0 Å². The summed E-state index contributed by atoms with van der Waals surface area (Å²) in [6.45, 7) is -0.703. The molecule has 2 heterocycles. The minimum Gasteiger partial charge on any atom is -0.385 e. The van der Waals surface area contributed by atoms with Crippen LogP contribution >= 0.6 is 12.4 Å². The van der Waals surface area contributed by atoms with Gasteiger partial charge in [0.2, 0.25) is 0 Å². The van der Waals surface area contributed by atoms with Crippen molar-refractivity contribution in [2.24, 2.45) is 10.7 Å². The number of amides is 1. The van der Waals surface area contributed by atoms with Crippen LogP contribution in [0.25, 0.3) is 0 Å². The maximum absolute atomic E-state index is 14.3. The summed E-state index contributed by atoms with van der Waals surface area (Å²) >= 11 is 0. The molecule has 0 saturated heterocycles. The van der Waals surface area contributed by atoms with Crippen molar-refractivity contribution in [2.75, 3.05) is 18.5 Å². The van der Waals surface area contributed by atoms with E-state index in [0.717, 1.165) is 18.2 Å². The van der Waals surface area contributed by atoms with Gasteiger partial charge in [-0.2, -0.15) is 5.10 Å². The van der Waals surface area contributed by atoms with Crippen LogP contribution in [0, 0.1) is 5.82 Å². The van der Waals surface area contributed by atoms with Gasteiger partial charge in [-0.25, -0.2) is 18.3 Å². The van der Waals surface area contributed by atoms with E-state index in [2.05, 4.69) is 20.5 Å². The molecular formula is C16H15ClF3N5O3. The van der Waals surface area contributed by atoms with Crippen molar-refractivity contribution in [3.63, 3.8) is 0 Å². The number of nitrogens with one attached hydrogen (secondary N) is 2. The van der Waals surface area contributed by atoms with E-state index < -0.39 is 41.4 Å². The number of carbonyl (C=O) groups is 1. The molecule has 0 spiro atoms. The number of rotatable bonds is 4. The number of carbonyl (C=O) groups excluding carboxylic acids is 1. The monoisotopic (exact) mass is 417 g/mol. The molecule has 2 aromatic rings. The third kappa shape index (κ3) is 4.15. The number of benzene rings is 1. The molecule has 12 heteroatoms. The van der Waals surface area contributed by atoms with E-state index >= 15 is 0 Å². The molecule has 0 radical (unpaired) electrons. The maximum Gasteiger partial charge on any atom is 0.276 e. The number of aromatic nitrogens is 2. The zero-order chi connectivity index (χ0) is 19.6. The van der Waals surface area contributed by atoms with Crippen molar-refractivity contribution in [3.05, 3.63) is 57.8 Å². The molecular weight excluding hydrogens is 403 g/mol. The Bertz CT molecular complexity index is 948. The third-order valence-corrected chi connectivity index (χ3v) is 3.88. The highest BCUT2D eigenvalue weighted by Crippen LogP contribution is 2.37. The van der Waals surface area contributed by atoms with E-state index in [1.807, 2.05) is 0 Å². The Labute approximate surface area is 162 Å². The van der Waals surface area contributed by atoms with E-state index in [4.69, 9.17) is 10.5 Å². The second-order valence-electron chi connectivity index (χ2n) is 5.78. The molecule has 0 bridgehead atoms. The molecule has 3 rings (SSSR count). The highest BCUT2D eigenvalue weighted by atomic mass is 35.5. The molecule has 28 heavy (non-hydrogen) atoms. The molecule has 4 N–H and O–H groups in total. The lowest BCUT2D eigenvalue weighted by atomic mass is 9.90. The smallest absolute Gasteiger partial charge is 0.276 e. The largest absolute Gasteiger partial charge is 0.385 e. The number of amidine groups is 1. The van der Waals surface area contributed by atoms with Crippen molar-refractivity contribution >= 4 is 29.8 Å². The van der Waals surface area contributed by atoms with Crippen molar-refractivity contribution in [2.45, 2.75) is 12.0 Å². The van der Waals surface area contributed by atoms with Crippen molar-refractivity contribution in [3.8, 4) is 0 Å². The number of hydrogen-bond acceptors (Lipinski definition) is 6. The van der Waals surface area contributed by atoms with Crippen LogP contribution < -0.4 is 16.6 Å². The average molecular weight is 418 g/mol. The SMILES string of the molecule is Cl.NC1=N[C@@](c2cc(NC(=O)c3ccc(=O)[nH]n3)ccc2F)(C(F)F)COC1. The summed E-state index contributed by atoms with van der Waals surface area (Å²) in [5.74, 6) is -1.86. The highest BCUT2D eigenvalue weighted by molar-refractivity contribution is 6.02. The fourth-order valence-corrected chi connectivity index (χ4v) is 2.60. The van der Waals surface area contributed by atoms with Gasteiger partial charge in [-0.1, -0.05) is 0 Å². The summed E-state index contributed by atoms with van der Waals surface area (Å²) in [6.07, 6.45) is -3.10. The number of aromatic amines is 1. The van der Waals surface area contributed by atoms with Gasteiger partial charge in [0.1, 0.15) is 24.0 Å². The minimum absolute atomic E-state index is 0. The molecule has 1 aliphatic heterocycles. The predicted octanol–water partition coefficient (Wildman–Crippen LogP) is 1.43. The van der Waals surface area contributed by atoms with Crippen LogP contribution in [0.2, 0.25) is 0 Å². The first-order chi connectivity index (χ1) is 12.8. The maximum atomic E-state index is 14.3. The fraction of sp³-hybridized carbons (Fsp3) is 0.250. The van der Waals surface area contributed by atoms with Gasteiger partial charge < -0.3 is 15.8 Å². The molecule has 1 aromatic heterocycles. The van der Waals surface area contributed by atoms with E-state index in [-0.39, 0.29) is 36.2 Å². The lowest BCUT2D eigenvalue weighted by molar-refractivity contribution is -0.0145. The molecule has 1 amide bonds. The van der Waals surface area contributed by atoms with Crippen molar-refractivity contribution in [1.29, 1.82) is 0 Å². The number of aliphatic imine (C=N–C) groups is 1. The van der Waals surface area contributed by atoms with Crippen molar-refractivity contribution in [1.82, 2.24) is 10.2 Å². The summed E-state index contributed by atoms with van der Waals surface area (Å²) in [5.41, 5.74) is 2.14. The second kappa shape index (κ2) is 8.40. The van der Waals surface area contributed by atoms with Crippen LogP contribution in [-0.2, 0) is 10.3 Å². The van der Waals surface area contributed by atoms with Crippen LogP contribution in [0.1, 0.15) is 16.1 Å². The Kier molecular flexibility index (Phi) is 6.41. The molecule has 1 aromatic carbocycles. The molecule has 1 atom stereocenters. The zero-order valence-corrected chi connectivity index (χ0v) is 14.9. The van der Waals surface area contributed by atoms with Crippen LogP contribution in [0.5, 0.6) is 0 Å².